The molecule has 1 aromatic heterocycles. The zero-order chi connectivity index (χ0) is 14.7. The van der Waals surface area contributed by atoms with Gasteiger partial charge < -0.3 is 9.84 Å². The van der Waals surface area contributed by atoms with Crippen molar-refractivity contribution in [3.05, 3.63) is 45.4 Å². The standard InChI is InChI=1S/C15H17NO3S/c1-9(2)11-4-6-12(7-5-11)19-8-13-16-10(3)14(20-13)15(17)18/h4-7,9H,8H2,1-3H3,(H,17,18). The molecule has 2 rings (SSSR count). The molecule has 0 amide bonds. The van der Waals surface area contributed by atoms with Gasteiger partial charge in [-0.15, -0.1) is 11.3 Å². The molecule has 0 aliphatic carbocycles. The maximum atomic E-state index is 10.9. The third kappa shape index (κ3) is 3.36. The van der Waals surface area contributed by atoms with E-state index in [0.29, 0.717) is 23.2 Å². The molecule has 0 bridgehead atoms. The Bertz CT molecular complexity index is 602. The summed E-state index contributed by atoms with van der Waals surface area (Å²) in [5.41, 5.74) is 1.80. The lowest BCUT2D eigenvalue weighted by Crippen LogP contribution is -1.95. The van der Waals surface area contributed by atoms with Crippen molar-refractivity contribution in [2.45, 2.75) is 33.3 Å². The lowest BCUT2D eigenvalue weighted by molar-refractivity contribution is 0.0701. The van der Waals surface area contributed by atoms with Gasteiger partial charge in [0.1, 0.15) is 22.2 Å². The molecular formula is C15H17NO3S. The fourth-order valence-corrected chi connectivity index (χ4v) is 2.62. The zero-order valence-corrected chi connectivity index (χ0v) is 12.5. The smallest absolute Gasteiger partial charge is 0.347 e. The van der Waals surface area contributed by atoms with Gasteiger partial charge in [-0.2, -0.15) is 0 Å². The average Bonchev–Trinajstić information content (AvgIpc) is 2.78. The van der Waals surface area contributed by atoms with Gasteiger partial charge in [0, 0.05) is 0 Å². The van der Waals surface area contributed by atoms with Crippen LogP contribution in [0.1, 0.15) is 45.7 Å². The number of carboxylic acids is 1. The minimum atomic E-state index is -0.937. The topological polar surface area (TPSA) is 59.4 Å². The van der Waals surface area contributed by atoms with Crippen LogP contribution in [0.4, 0.5) is 0 Å². The summed E-state index contributed by atoms with van der Waals surface area (Å²) in [5, 5.41) is 9.65. The Labute approximate surface area is 122 Å². The van der Waals surface area contributed by atoms with Gasteiger partial charge in [0.2, 0.25) is 0 Å². The summed E-state index contributed by atoms with van der Waals surface area (Å²) in [4.78, 5) is 15.4. The molecule has 0 unspecified atom stereocenters. The van der Waals surface area contributed by atoms with Crippen molar-refractivity contribution in [1.82, 2.24) is 4.98 Å². The predicted octanol–water partition coefficient (Wildman–Crippen LogP) is 3.85. The number of hydrogen-bond donors (Lipinski definition) is 1. The maximum Gasteiger partial charge on any atom is 0.347 e. The average molecular weight is 291 g/mol. The molecule has 1 heterocycles. The first-order valence-electron chi connectivity index (χ1n) is 6.39. The van der Waals surface area contributed by atoms with Crippen LogP contribution in [0.2, 0.25) is 0 Å². The number of benzene rings is 1. The van der Waals surface area contributed by atoms with Gasteiger partial charge in [-0.3, -0.25) is 0 Å². The molecule has 0 fully saturated rings. The molecule has 20 heavy (non-hydrogen) atoms. The van der Waals surface area contributed by atoms with Crippen LogP contribution in [0.25, 0.3) is 0 Å². The normalized spacial score (nSPS) is 10.8. The number of carbonyl (C=O) groups is 1. The highest BCUT2D eigenvalue weighted by Crippen LogP contribution is 2.22. The summed E-state index contributed by atoms with van der Waals surface area (Å²) in [6.45, 7) is 6.27. The Morgan fingerprint density at radius 1 is 1.35 bits per heavy atom. The predicted molar refractivity (Wildman–Crippen MR) is 78.7 cm³/mol. The number of nitrogens with zero attached hydrogens (tertiary/aromatic N) is 1. The van der Waals surface area contributed by atoms with Crippen molar-refractivity contribution in [2.75, 3.05) is 0 Å². The fourth-order valence-electron chi connectivity index (χ4n) is 1.81. The van der Waals surface area contributed by atoms with Gasteiger partial charge in [-0.25, -0.2) is 9.78 Å². The van der Waals surface area contributed by atoms with Crippen LogP contribution >= 0.6 is 11.3 Å². The van der Waals surface area contributed by atoms with Crippen LogP contribution in [0, 0.1) is 6.92 Å². The first kappa shape index (κ1) is 14.5. The molecule has 0 saturated heterocycles. The third-order valence-electron chi connectivity index (χ3n) is 2.94. The van der Waals surface area contributed by atoms with Crippen LogP contribution in [-0.4, -0.2) is 16.1 Å². The number of carboxylic acid groups (broad SMARTS) is 1. The van der Waals surface area contributed by atoms with Crippen molar-refractivity contribution < 1.29 is 14.6 Å². The third-order valence-corrected chi connectivity index (χ3v) is 4.06. The van der Waals surface area contributed by atoms with E-state index in [9.17, 15) is 4.79 Å². The summed E-state index contributed by atoms with van der Waals surface area (Å²) >= 11 is 1.16. The largest absolute Gasteiger partial charge is 0.486 e. The van der Waals surface area contributed by atoms with Crippen LogP contribution in [0.5, 0.6) is 5.75 Å². The highest BCUT2D eigenvalue weighted by Gasteiger charge is 2.14. The number of rotatable bonds is 5. The van der Waals surface area contributed by atoms with Crippen LogP contribution < -0.4 is 4.74 Å². The van der Waals surface area contributed by atoms with Crippen LogP contribution in [-0.2, 0) is 6.61 Å². The molecule has 106 valence electrons. The van der Waals surface area contributed by atoms with Gasteiger partial charge in [-0.1, -0.05) is 26.0 Å². The van der Waals surface area contributed by atoms with E-state index in [1.165, 1.54) is 5.56 Å². The number of aryl methyl sites for hydroxylation is 1. The summed E-state index contributed by atoms with van der Waals surface area (Å²) in [7, 11) is 0. The van der Waals surface area contributed by atoms with Crippen molar-refractivity contribution >= 4 is 17.3 Å². The number of ether oxygens (including phenoxy) is 1. The molecule has 5 heteroatoms. The van der Waals surface area contributed by atoms with E-state index in [1.54, 1.807) is 6.92 Å². The number of hydrogen-bond acceptors (Lipinski definition) is 4. The minimum Gasteiger partial charge on any atom is -0.486 e. The van der Waals surface area contributed by atoms with Crippen molar-refractivity contribution in [3.63, 3.8) is 0 Å². The summed E-state index contributed by atoms with van der Waals surface area (Å²) in [6, 6.07) is 7.92. The van der Waals surface area contributed by atoms with E-state index in [2.05, 4.69) is 18.8 Å². The van der Waals surface area contributed by atoms with Gasteiger partial charge in [0.15, 0.2) is 0 Å². The Kier molecular flexibility index (Phi) is 4.39. The Hall–Kier alpha value is -1.88. The second-order valence-electron chi connectivity index (χ2n) is 4.84. The van der Waals surface area contributed by atoms with Crippen molar-refractivity contribution in [3.8, 4) is 5.75 Å². The quantitative estimate of drug-likeness (QED) is 0.909. The Morgan fingerprint density at radius 2 is 2.00 bits per heavy atom. The number of aromatic carboxylic acids is 1. The van der Waals surface area contributed by atoms with E-state index >= 15 is 0 Å². The molecule has 2 aromatic rings. The number of aromatic nitrogens is 1. The van der Waals surface area contributed by atoms with Crippen LogP contribution in [0.15, 0.2) is 24.3 Å². The summed E-state index contributed by atoms with van der Waals surface area (Å²) in [6.07, 6.45) is 0. The molecule has 1 aromatic carbocycles. The van der Waals surface area contributed by atoms with Crippen molar-refractivity contribution in [1.29, 1.82) is 0 Å². The molecule has 4 nitrogen and oxygen atoms in total. The second kappa shape index (κ2) is 6.05. The van der Waals surface area contributed by atoms with Gasteiger partial charge >= 0.3 is 5.97 Å². The minimum absolute atomic E-state index is 0.277. The molecule has 0 radical (unpaired) electrons. The highest BCUT2D eigenvalue weighted by molar-refractivity contribution is 7.13. The van der Waals surface area contributed by atoms with Crippen LogP contribution in [0.3, 0.4) is 0 Å². The highest BCUT2D eigenvalue weighted by atomic mass is 32.1. The van der Waals surface area contributed by atoms with E-state index in [-0.39, 0.29) is 4.88 Å². The van der Waals surface area contributed by atoms with Gasteiger partial charge in [0.25, 0.3) is 0 Å². The monoisotopic (exact) mass is 291 g/mol. The second-order valence-corrected chi connectivity index (χ2v) is 5.92. The molecule has 0 aliphatic heterocycles. The fraction of sp³-hybridized carbons (Fsp3) is 0.333. The molecule has 1 N–H and O–H groups in total. The summed E-state index contributed by atoms with van der Waals surface area (Å²) in [5.74, 6) is 0.315. The van der Waals surface area contributed by atoms with E-state index < -0.39 is 5.97 Å². The van der Waals surface area contributed by atoms with Gasteiger partial charge in [-0.05, 0) is 30.5 Å². The van der Waals surface area contributed by atoms with Crippen molar-refractivity contribution in [2.24, 2.45) is 0 Å². The first-order chi connectivity index (χ1) is 9.47. The molecule has 0 saturated carbocycles. The molecule has 0 atom stereocenters. The lowest BCUT2D eigenvalue weighted by atomic mass is 10.0. The van der Waals surface area contributed by atoms with E-state index in [1.807, 2.05) is 24.3 Å². The molecule has 0 aliphatic rings. The van der Waals surface area contributed by atoms with E-state index in [4.69, 9.17) is 9.84 Å². The molecule has 0 spiro atoms. The SMILES string of the molecule is Cc1nc(COc2ccc(C(C)C)cc2)sc1C(=O)O. The Balaban J connectivity index is 2.01. The lowest BCUT2D eigenvalue weighted by Gasteiger charge is -2.07. The molecular weight excluding hydrogens is 274 g/mol. The maximum absolute atomic E-state index is 10.9. The summed E-state index contributed by atoms with van der Waals surface area (Å²) < 4.78 is 5.63. The van der Waals surface area contributed by atoms with Gasteiger partial charge in [0.05, 0.1) is 5.69 Å². The number of thiazole rings is 1. The zero-order valence-electron chi connectivity index (χ0n) is 11.7. The Morgan fingerprint density at radius 3 is 2.50 bits per heavy atom. The first-order valence-corrected chi connectivity index (χ1v) is 7.21. The van der Waals surface area contributed by atoms with E-state index in [0.717, 1.165) is 17.1 Å².